The first-order valence-corrected chi connectivity index (χ1v) is 21.1. The van der Waals surface area contributed by atoms with E-state index in [1.807, 2.05) is 78.2 Å². The lowest BCUT2D eigenvalue weighted by Crippen LogP contribution is -2.57. The number of β-amino-alcohol motifs (C(OH)–C–C–N with tert-alkyl or cyclic N) is 1. The number of likely N-dealkylation sites (tertiary alicyclic amines) is 1. The third kappa shape index (κ3) is 14.2. The van der Waals surface area contributed by atoms with Gasteiger partial charge < -0.3 is 30.3 Å². The molecular formula is C42H66N6O6S. The van der Waals surface area contributed by atoms with E-state index >= 15 is 0 Å². The van der Waals surface area contributed by atoms with E-state index in [1.165, 1.54) is 24.2 Å². The lowest BCUT2D eigenvalue weighted by atomic mass is 9.85. The number of piperazine rings is 1. The van der Waals surface area contributed by atoms with Crippen LogP contribution in [0.25, 0.3) is 10.4 Å². The zero-order valence-corrected chi connectivity index (χ0v) is 35.1. The zero-order valence-electron chi connectivity index (χ0n) is 34.3. The fraction of sp³-hybridized carbons (Fsp3) is 0.690. The van der Waals surface area contributed by atoms with Gasteiger partial charge >= 0.3 is 6.09 Å². The van der Waals surface area contributed by atoms with Gasteiger partial charge in [-0.15, -0.1) is 11.3 Å². The maximum absolute atomic E-state index is 13.9. The monoisotopic (exact) mass is 782 g/mol. The number of nitrogens with one attached hydrogen (secondary N) is 2. The Morgan fingerprint density at radius 1 is 0.909 bits per heavy atom. The molecule has 13 heteroatoms. The summed E-state index contributed by atoms with van der Waals surface area (Å²) in [5.74, 6) is -0.829. The van der Waals surface area contributed by atoms with Crippen LogP contribution in [0.15, 0.2) is 29.8 Å². The fourth-order valence-corrected chi connectivity index (χ4v) is 7.99. The molecular weight excluding hydrogens is 717 g/mol. The molecule has 0 spiro atoms. The molecule has 55 heavy (non-hydrogen) atoms. The molecule has 12 nitrogen and oxygen atoms in total. The van der Waals surface area contributed by atoms with Crippen molar-refractivity contribution in [2.45, 2.75) is 143 Å². The topological polar surface area (TPSA) is 144 Å². The Labute approximate surface area is 332 Å². The summed E-state index contributed by atoms with van der Waals surface area (Å²) < 4.78 is 5.49. The molecule has 0 saturated carbocycles. The van der Waals surface area contributed by atoms with Crippen molar-refractivity contribution >= 4 is 35.2 Å². The van der Waals surface area contributed by atoms with Gasteiger partial charge in [0.15, 0.2) is 0 Å². The lowest BCUT2D eigenvalue weighted by molar-refractivity contribution is -0.144. The highest BCUT2D eigenvalue weighted by Crippen LogP contribution is 2.28. The second-order valence-corrected chi connectivity index (χ2v) is 18.2. The van der Waals surface area contributed by atoms with Gasteiger partial charge in [0, 0.05) is 52.1 Å². The summed E-state index contributed by atoms with van der Waals surface area (Å²) >= 11 is 1.59. The maximum atomic E-state index is 13.9. The van der Waals surface area contributed by atoms with E-state index in [4.69, 9.17) is 4.74 Å². The molecule has 4 rings (SSSR count). The van der Waals surface area contributed by atoms with Gasteiger partial charge in [-0.2, -0.15) is 0 Å². The van der Waals surface area contributed by atoms with Gasteiger partial charge in [-0.05, 0) is 63.6 Å². The minimum absolute atomic E-state index is 0.0507. The molecule has 0 radical (unpaired) electrons. The molecule has 2 aliphatic heterocycles. The van der Waals surface area contributed by atoms with Crippen molar-refractivity contribution in [1.29, 1.82) is 0 Å². The number of rotatable bonds is 17. The lowest BCUT2D eigenvalue weighted by Gasteiger charge is -2.35. The summed E-state index contributed by atoms with van der Waals surface area (Å²) in [4.78, 5) is 63.8. The number of carbonyl (C=O) groups excluding carboxylic acids is 4. The average molecular weight is 783 g/mol. The number of nitrogens with zero attached hydrogens (tertiary/aromatic N) is 4. The summed E-state index contributed by atoms with van der Waals surface area (Å²) in [6, 6.07) is 6.33. The van der Waals surface area contributed by atoms with Crippen molar-refractivity contribution in [1.82, 2.24) is 30.3 Å². The highest BCUT2D eigenvalue weighted by Gasteiger charge is 2.44. The summed E-state index contributed by atoms with van der Waals surface area (Å²) in [6.07, 6.45) is 8.10. The van der Waals surface area contributed by atoms with Gasteiger partial charge in [0.2, 0.25) is 17.7 Å². The first kappa shape index (κ1) is 44.2. The molecule has 0 unspecified atom stereocenters. The number of hydrogen-bond acceptors (Lipinski definition) is 9. The van der Waals surface area contributed by atoms with Gasteiger partial charge in [0.05, 0.1) is 22.2 Å². The van der Waals surface area contributed by atoms with Crippen LogP contribution in [0.2, 0.25) is 0 Å². The van der Waals surface area contributed by atoms with Gasteiger partial charge in [0.25, 0.3) is 0 Å². The van der Waals surface area contributed by atoms with E-state index in [0.29, 0.717) is 26.1 Å². The van der Waals surface area contributed by atoms with Crippen molar-refractivity contribution in [2.75, 3.05) is 39.3 Å². The Hall–Kier alpha value is -3.55. The number of thiazole rings is 1. The van der Waals surface area contributed by atoms with E-state index in [0.717, 1.165) is 73.4 Å². The Bertz CT molecular complexity index is 1540. The smallest absolute Gasteiger partial charge is 0.410 e. The molecule has 0 aliphatic carbocycles. The van der Waals surface area contributed by atoms with E-state index < -0.39 is 29.2 Å². The summed E-state index contributed by atoms with van der Waals surface area (Å²) in [6.45, 7) is 18.0. The number of benzene rings is 1. The number of aliphatic hydroxyl groups excluding tert-OH is 1. The van der Waals surface area contributed by atoms with E-state index in [9.17, 15) is 24.3 Å². The third-order valence-electron chi connectivity index (χ3n) is 10.4. The number of unbranched alkanes of at least 4 members (excludes halogenated alkanes) is 7. The van der Waals surface area contributed by atoms with Crippen LogP contribution in [0.5, 0.6) is 0 Å². The van der Waals surface area contributed by atoms with Crippen molar-refractivity contribution < 1.29 is 29.0 Å². The fourth-order valence-electron chi connectivity index (χ4n) is 7.18. The molecule has 3 heterocycles. The van der Waals surface area contributed by atoms with Crippen LogP contribution in [-0.2, 0) is 25.7 Å². The molecule has 2 aliphatic rings. The summed E-state index contributed by atoms with van der Waals surface area (Å²) in [5, 5.41) is 16.5. The number of aromatic nitrogens is 1. The molecule has 3 N–H and O–H groups in total. The molecule has 306 valence electrons. The zero-order chi connectivity index (χ0) is 40.2. The Morgan fingerprint density at radius 2 is 1.53 bits per heavy atom. The number of carbonyl (C=O) groups is 4. The molecule has 3 atom stereocenters. The van der Waals surface area contributed by atoms with Crippen LogP contribution in [0.4, 0.5) is 4.79 Å². The van der Waals surface area contributed by atoms with Gasteiger partial charge in [-0.25, -0.2) is 9.78 Å². The van der Waals surface area contributed by atoms with Crippen molar-refractivity contribution in [3.8, 4) is 10.4 Å². The number of aryl methyl sites for hydroxylation is 1. The number of amides is 4. The highest BCUT2D eigenvalue weighted by atomic mass is 32.1. The van der Waals surface area contributed by atoms with E-state index in [2.05, 4.69) is 20.5 Å². The summed E-state index contributed by atoms with van der Waals surface area (Å²) in [5.41, 5.74) is 3.75. The Kier molecular flexibility index (Phi) is 16.5. The van der Waals surface area contributed by atoms with Gasteiger partial charge in [0.1, 0.15) is 17.7 Å². The van der Waals surface area contributed by atoms with Crippen LogP contribution in [0.3, 0.4) is 0 Å². The Balaban J connectivity index is 1.11. The SMILES string of the molecule is Cc1ncsc1-c1ccc(CNC(=O)[C@@H]2C[C@@H](O)CN2C(=O)[C@@H](NC(=O)CCCCCCCCCCN2CCN(C(=O)OC(C)(C)C)CC2)C(C)(C)C)cc1. The number of ether oxygens (including phenoxy) is 1. The average Bonchev–Trinajstić information content (AvgIpc) is 3.74. The minimum atomic E-state index is -0.822. The maximum Gasteiger partial charge on any atom is 0.410 e. The van der Waals surface area contributed by atoms with Crippen LogP contribution in [0.1, 0.15) is 117 Å². The number of aliphatic hydroxyl groups is 1. The van der Waals surface area contributed by atoms with E-state index in [-0.39, 0.29) is 36.8 Å². The standard InChI is InChI=1S/C42H66N6O6S/c1-30-36(55-29-44-30)32-19-17-31(18-20-32)27-43-38(51)34-26-33(49)28-48(34)39(52)37(41(2,3)4)45-35(50)16-14-12-10-8-9-11-13-15-21-46-22-24-47(25-23-46)40(53)54-42(5,6)7/h17-20,29,33-34,37,49H,8-16,21-28H2,1-7H3,(H,43,51)(H,45,50)/t33-,34+,37-/m1/s1. The Morgan fingerprint density at radius 3 is 2.11 bits per heavy atom. The second-order valence-electron chi connectivity index (χ2n) is 17.3. The molecule has 0 bridgehead atoms. The van der Waals surface area contributed by atoms with Crippen molar-refractivity contribution in [3.05, 3.63) is 41.0 Å². The predicted octanol–water partition coefficient (Wildman–Crippen LogP) is 6.29. The van der Waals surface area contributed by atoms with Crippen LogP contribution < -0.4 is 10.6 Å². The molecule has 2 aromatic rings. The normalized spacial score (nSPS) is 18.6. The van der Waals surface area contributed by atoms with Crippen LogP contribution in [0, 0.1) is 12.3 Å². The number of hydrogen-bond donors (Lipinski definition) is 3. The predicted molar refractivity (Wildman–Crippen MR) is 217 cm³/mol. The van der Waals surface area contributed by atoms with Crippen LogP contribution in [-0.4, -0.2) is 112 Å². The molecule has 4 amide bonds. The first-order chi connectivity index (χ1) is 26.0. The molecule has 1 aromatic heterocycles. The summed E-state index contributed by atoms with van der Waals surface area (Å²) in [7, 11) is 0. The molecule has 2 fully saturated rings. The van der Waals surface area contributed by atoms with Crippen molar-refractivity contribution in [2.24, 2.45) is 5.41 Å². The van der Waals surface area contributed by atoms with Gasteiger partial charge in [-0.1, -0.05) is 83.6 Å². The largest absolute Gasteiger partial charge is 0.444 e. The van der Waals surface area contributed by atoms with Crippen LogP contribution >= 0.6 is 11.3 Å². The molecule has 2 saturated heterocycles. The second kappa shape index (κ2) is 20.6. The van der Waals surface area contributed by atoms with E-state index in [1.54, 1.807) is 16.2 Å². The van der Waals surface area contributed by atoms with Crippen molar-refractivity contribution in [3.63, 3.8) is 0 Å². The minimum Gasteiger partial charge on any atom is -0.444 e. The van der Waals surface area contributed by atoms with Gasteiger partial charge in [-0.3, -0.25) is 19.3 Å². The molecule has 1 aromatic carbocycles. The third-order valence-corrected chi connectivity index (χ3v) is 11.3. The highest BCUT2D eigenvalue weighted by molar-refractivity contribution is 7.13. The quantitative estimate of drug-likeness (QED) is 0.159. The first-order valence-electron chi connectivity index (χ1n) is 20.3.